The van der Waals surface area contributed by atoms with E-state index in [-0.39, 0.29) is 0 Å². The summed E-state index contributed by atoms with van der Waals surface area (Å²) in [5, 5.41) is 0. The molecule has 0 aromatic heterocycles. The highest BCUT2D eigenvalue weighted by Gasteiger charge is 2.22. The molecule has 2 nitrogen and oxygen atoms in total. The van der Waals surface area contributed by atoms with Gasteiger partial charge < -0.3 is 9.47 Å². The Morgan fingerprint density at radius 1 is 1.29 bits per heavy atom. The van der Waals surface area contributed by atoms with E-state index in [1.807, 2.05) is 0 Å². The first-order chi connectivity index (χ1) is 6.88. The number of rotatable bonds is 5. The van der Waals surface area contributed by atoms with Gasteiger partial charge in [0.05, 0.1) is 19.8 Å². The van der Waals surface area contributed by atoms with Crippen molar-refractivity contribution >= 4 is 0 Å². The SMILES string of the molecule is CCc1ccc(COC[C@H]2CO2)cc1. The minimum Gasteiger partial charge on any atom is -0.374 e. The molecular formula is C12H16O2. The molecule has 1 fully saturated rings. The maximum atomic E-state index is 5.49. The molecule has 0 radical (unpaired) electrons. The summed E-state index contributed by atoms with van der Waals surface area (Å²) in [5.41, 5.74) is 2.61. The number of hydrogen-bond donors (Lipinski definition) is 0. The molecule has 2 heteroatoms. The van der Waals surface area contributed by atoms with Gasteiger partial charge in [-0.05, 0) is 17.5 Å². The first kappa shape index (κ1) is 9.69. The van der Waals surface area contributed by atoms with Gasteiger partial charge in [0.25, 0.3) is 0 Å². The third-order valence-corrected chi connectivity index (χ3v) is 2.41. The number of aryl methyl sites for hydroxylation is 1. The van der Waals surface area contributed by atoms with Crippen LogP contribution in [0.2, 0.25) is 0 Å². The molecule has 0 aliphatic carbocycles. The molecule has 76 valence electrons. The van der Waals surface area contributed by atoms with Gasteiger partial charge in [0.15, 0.2) is 0 Å². The Hall–Kier alpha value is -0.860. The zero-order chi connectivity index (χ0) is 9.80. The lowest BCUT2D eigenvalue weighted by Gasteiger charge is -2.03. The van der Waals surface area contributed by atoms with Gasteiger partial charge in [-0.1, -0.05) is 31.2 Å². The van der Waals surface area contributed by atoms with Gasteiger partial charge in [-0.25, -0.2) is 0 Å². The van der Waals surface area contributed by atoms with Crippen LogP contribution in [0.4, 0.5) is 0 Å². The Labute approximate surface area is 84.8 Å². The number of epoxide rings is 1. The van der Waals surface area contributed by atoms with Crippen LogP contribution in [0.3, 0.4) is 0 Å². The van der Waals surface area contributed by atoms with E-state index in [9.17, 15) is 0 Å². The third kappa shape index (κ3) is 2.82. The fourth-order valence-corrected chi connectivity index (χ4v) is 1.34. The van der Waals surface area contributed by atoms with Gasteiger partial charge in [-0.2, -0.15) is 0 Å². The Morgan fingerprint density at radius 2 is 1.93 bits per heavy atom. The molecule has 2 rings (SSSR count). The molecule has 1 heterocycles. The first-order valence-electron chi connectivity index (χ1n) is 5.15. The normalized spacial score (nSPS) is 19.6. The van der Waals surface area contributed by atoms with Gasteiger partial charge in [-0.15, -0.1) is 0 Å². The zero-order valence-corrected chi connectivity index (χ0v) is 8.53. The van der Waals surface area contributed by atoms with E-state index < -0.39 is 0 Å². The molecule has 0 saturated carbocycles. The monoisotopic (exact) mass is 192 g/mol. The van der Waals surface area contributed by atoms with Crippen LogP contribution in [-0.2, 0) is 22.5 Å². The van der Waals surface area contributed by atoms with Crippen LogP contribution in [0, 0.1) is 0 Å². The van der Waals surface area contributed by atoms with Crippen LogP contribution in [0.25, 0.3) is 0 Å². The summed E-state index contributed by atoms with van der Waals surface area (Å²) in [6.07, 6.45) is 1.46. The Kier molecular flexibility index (Phi) is 3.17. The van der Waals surface area contributed by atoms with Crippen molar-refractivity contribution in [2.45, 2.75) is 26.1 Å². The lowest BCUT2D eigenvalue weighted by atomic mass is 10.1. The summed E-state index contributed by atoms with van der Waals surface area (Å²) in [4.78, 5) is 0. The second kappa shape index (κ2) is 4.58. The summed E-state index contributed by atoms with van der Waals surface area (Å²) >= 11 is 0. The fraction of sp³-hybridized carbons (Fsp3) is 0.500. The van der Waals surface area contributed by atoms with E-state index in [4.69, 9.17) is 9.47 Å². The smallest absolute Gasteiger partial charge is 0.104 e. The van der Waals surface area contributed by atoms with Crippen LogP contribution >= 0.6 is 0 Å². The molecule has 1 aliphatic rings. The highest BCUT2D eigenvalue weighted by atomic mass is 16.6. The third-order valence-electron chi connectivity index (χ3n) is 2.41. The maximum absolute atomic E-state index is 5.49. The van der Waals surface area contributed by atoms with E-state index in [2.05, 4.69) is 31.2 Å². The highest BCUT2D eigenvalue weighted by Crippen LogP contribution is 2.11. The van der Waals surface area contributed by atoms with Crippen LogP contribution in [-0.4, -0.2) is 19.3 Å². The van der Waals surface area contributed by atoms with Gasteiger partial charge >= 0.3 is 0 Å². The van der Waals surface area contributed by atoms with Crippen molar-refractivity contribution in [2.24, 2.45) is 0 Å². The van der Waals surface area contributed by atoms with E-state index in [1.165, 1.54) is 11.1 Å². The average molecular weight is 192 g/mol. The quantitative estimate of drug-likeness (QED) is 0.667. The highest BCUT2D eigenvalue weighted by molar-refractivity contribution is 5.21. The van der Waals surface area contributed by atoms with Crippen molar-refractivity contribution in [3.63, 3.8) is 0 Å². The molecule has 0 unspecified atom stereocenters. The average Bonchev–Trinajstić information content (AvgIpc) is 3.03. The molecule has 0 spiro atoms. The van der Waals surface area contributed by atoms with Crippen LogP contribution in [0.1, 0.15) is 18.1 Å². The van der Waals surface area contributed by atoms with Gasteiger partial charge in [0.1, 0.15) is 6.10 Å². The molecule has 1 atom stereocenters. The van der Waals surface area contributed by atoms with Crippen molar-refractivity contribution in [3.05, 3.63) is 35.4 Å². The molecule has 1 saturated heterocycles. The largest absolute Gasteiger partial charge is 0.374 e. The van der Waals surface area contributed by atoms with Crippen molar-refractivity contribution in [2.75, 3.05) is 13.2 Å². The molecule has 0 bridgehead atoms. The standard InChI is InChI=1S/C12H16O2/c1-2-10-3-5-11(6-4-10)7-13-8-12-9-14-12/h3-6,12H,2,7-9H2,1H3/t12-/m0/s1. The zero-order valence-electron chi connectivity index (χ0n) is 8.53. The molecule has 0 amide bonds. The molecule has 0 N–H and O–H groups in total. The lowest BCUT2D eigenvalue weighted by molar-refractivity contribution is 0.104. The second-order valence-corrected chi connectivity index (χ2v) is 3.64. The lowest BCUT2D eigenvalue weighted by Crippen LogP contribution is -2.01. The van der Waals surface area contributed by atoms with Crippen molar-refractivity contribution in [3.8, 4) is 0 Å². The minimum atomic E-state index is 0.366. The van der Waals surface area contributed by atoms with Crippen molar-refractivity contribution in [1.82, 2.24) is 0 Å². The van der Waals surface area contributed by atoms with Crippen molar-refractivity contribution < 1.29 is 9.47 Å². The van der Waals surface area contributed by atoms with Gasteiger partial charge in [0.2, 0.25) is 0 Å². The molecule has 1 aromatic rings. The van der Waals surface area contributed by atoms with Crippen LogP contribution < -0.4 is 0 Å². The minimum absolute atomic E-state index is 0.366. The Bertz CT molecular complexity index is 275. The molecule has 14 heavy (non-hydrogen) atoms. The Balaban J connectivity index is 1.77. The maximum Gasteiger partial charge on any atom is 0.104 e. The summed E-state index contributed by atoms with van der Waals surface area (Å²) in [7, 11) is 0. The van der Waals surface area contributed by atoms with Gasteiger partial charge in [-0.3, -0.25) is 0 Å². The summed E-state index contributed by atoms with van der Waals surface area (Å²) < 4.78 is 10.6. The first-order valence-corrected chi connectivity index (χ1v) is 5.15. The van der Waals surface area contributed by atoms with E-state index in [1.54, 1.807) is 0 Å². The molecule has 1 aromatic carbocycles. The van der Waals surface area contributed by atoms with Gasteiger partial charge in [0, 0.05) is 0 Å². The summed E-state index contributed by atoms with van der Waals surface area (Å²) in [6.45, 7) is 4.46. The van der Waals surface area contributed by atoms with Crippen molar-refractivity contribution in [1.29, 1.82) is 0 Å². The second-order valence-electron chi connectivity index (χ2n) is 3.64. The predicted octanol–water partition coefficient (Wildman–Crippen LogP) is 2.16. The summed E-state index contributed by atoms with van der Waals surface area (Å²) in [5.74, 6) is 0. The Morgan fingerprint density at radius 3 is 2.50 bits per heavy atom. The number of hydrogen-bond acceptors (Lipinski definition) is 2. The molecular weight excluding hydrogens is 176 g/mol. The predicted molar refractivity (Wildman–Crippen MR) is 55.2 cm³/mol. The number of benzene rings is 1. The van der Waals surface area contributed by atoms with Crippen LogP contribution in [0.5, 0.6) is 0 Å². The topological polar surface area (TPSA) is 21.8 Å². The van der Waals surface area contributed by atoms with E-state index in [0.717, 1.165) is 19.6 Å². The fourth-order valence-electron chi connectivity index (χ4n) is 1.34. The van der Waals surface area contributed by atoms with E-state index >= 15 is 0 Å². The summed E-state index contributed by atoms with van der Waals surface area (Å²) in [6, 6.07) is 8.58. The van der Waals surface area contributed by atoms with Crippen LogP contribution in [0.15, 0.2) is 24.3 Å². The van der Waals surface area contributed by atoms with E-state index in [0.29, 0.717) is 12.7 Å². The number of ether oxygens (including phenoxy) is 2. The molecule has 1 aliphatic heterocycles.